The Morgan fingerprint density at radius 2 is 1.88 bits per heavy atom. The molecule has 1 fully saturated rings. The van der Waals surface area contributed by atoms with Gasteiger partial charge < -0.3 is 0 Å². The van der Waals surface area contributed by atoms with Gasteiger partial charge in [-0.05, 0) is 5.92 Å². The SMILES string of the molecule is CCC(CC)CC(=O)C1CSC(C)C(C)S1. The second-order valence-corrected chi connectivity index (χ2v) is 7.72. The summed E-state index contributed by atoms with van der Waals surface area (Å²) in [5, 5.41) is 1.58. The Morgan fingerprint density at radius 3 is 2.38 bits per heavy atom. The monoisotopic (exact) mass is 260 g/mol. The molecule has 0 radical (unpaired) electrons. The van der Waals surface area contributed by atoms with Crippen LogP contribution in [0.5, 0.6) is 0 Å². The average Bonchev–Trinajstić information content (AvgIpc) is 2.29. The molecule has 0 aromatic carbocycles. The third-order valence-corrected chi connectivity index (χ3v) is 6.99. The number of thioether (sulfide) groups is 2. The summed E-state index contributed by atoms with van der Waals surface area (Å²) in [6.45, 7) is 8.90. The number of carbonyl (C=O) groups is 1. The van der Waals surface area contributed by atoms with Crippen molar-refractivity contribution in [3.05, 3.63) is 0 Å². The van der Waals surface area contributed by atoms with E-state index < -0.39 is 0 Å². The van der Waals surface area contributed by atoms with Crippen LogP contribution in [0, 0.1) is 5.92 Å². The van der Waals surface area contributed by atoms with Gasteiger partial charge in [0, 0.05) is 22.7 Å². The van der Waals surface area contributed by atoms with Gasteiger partial charge in [-0.15, -0.1) is 11.8 Å². The highest BCUT2D eigenvalue weighted by Crippen LogP contribution is 2.37. The average molecular weight is 260 g/mol. The normalized spacial score (nSPS) is 30.7. The smallest absolute Gasteiger partial charge is 0.146 e. The molecule has 1 aliphatic rings. The number of rotatable bonds is 5. The van der Waals surface area contributed by atoms with Crippen LogP contribution < -0.4 is 0 Å². The minimum absolute atomic E-state index is 0.261. The summed E-state index contributed by atoms with van der Waals surface area (Å²) in [6, 6.07) is 0. The Hall–Kier alpha value is 0.370. The largest absolute Gasteiger partial charge is 0.298 e. The summed E-state index contributed by atoms with van der Waals surface area (Å²) in [4.78, 5) is 12.1. The van der Waals surface area contributed by atoms with E-state index in [2.05, 4.69) is 27.7 Å². The van der Waals surface area contributed by atoms with Crippen LogP contribution in [-0.2, 0) is 4.79 Å². The van der Waals surface area contributed by atoms with Gasteiger partial charge in [-0.25, -0.2) is 0 Å². The third kappa shape index (κ3) is 3.99. The topological polar surface area (TPSA) is 17.1 Å². The van der Waals surface area contributed by atoms with E-state index in [0.717, 1.165) is 25.0 Å². The first-order chi connectivity index (χ1) is 7.58. The fourth-order valence-electron chi connectivity index (χ4n) is 1.95. The van der Waals surface area contributed by atoms with E-state index in [4.69, 9.17) is 0 Å². The summed E-state index contributed by atoms with van der Waals surface area (Å²) in [6.07, 6.45) is 3.07. The molecule has 1 rings (SSSR count). The summed E-state index contributed by atoms with van der Waals surface area (Å²) in [5.41, 5.74) is 0. The molecule has 0 saturated carbocycles. The second-order valence-electron chi connectivity index (χ2n) is 4.72. The van der Waals surface area contributed by atoms with Crippen molar-refractivity contribution in [2.24, 2.45) is 5.92 Å². The van der Waals surface area contributed by atoms with Crippen LogP contribution in [0.4, 0.5) is 0 Å². The lowest BCUT2D eigenvalue weighted by molar-refractivity contribution is -0.119. The highest BCUT2D eigenvalue weighted by molar-refractivity contribution is 8.08. The van der Waals surface area contributed by atoms with Crippen molar-refractivity contribution < 1.29 is 4.79 Å². The van der Waals surface area contributed by atoms with E-state index in [1.54, 1.807) is 0 Å². The fraction of sp³-hybridized carbons (Fsp3) is 0.923. The lowest BCUT2D eigenvalue weighted by Crippen LogP contribution is -2.32. The molecule has 0 spiro atoms. The zero-order valence-electron chi connectivity index (χ0n) is 10.9. The first kappa shape index (κ1) is 14.4. The number of hydrogen-bond donors (Lipinski definition) is 0. The molecule has 1 nitrogen and oxygen atoms in total. The van der Waals surface area contributed by atoms with Crippen LogP contribution in [-0.4, -0.2) is 27.3 Å². The highest BCUT2D eigenvalue weighted by Gasteiger charge is 2.30. The third-order valence-electron chi connectivity index (χ3n) is 3.55. The molecule has 0 N–H and O–H groups in total. The maximum atomic E-state index is 12.1. The first-order valence-corrected chi connectivity index (χ1v) is 8.37. The quantitative estimate of drug-likeness (QED) is 0.743. The van der Waals surface area contributed by atoms with Gasteiger partial charge >= 0.3 is 0 Å². The molecule has 0 aromatic rings. The van der Waals surface area contributed by atoms with E-state index in [9.17, 15) is 4.79 Å². The van der Waals surface area contributed by atoms with Crippen molar-refractivity contribution in [3.8, 4) is 0 Å². The van der Waals surface area contributed by atoms with E-state index in [1.165, 1.54) is 0 Å². The molecule has 1 heterocycles. The Morgan fingerprint density at radius 1 is 1.25 bits per heavy atom. The predicted octanol–water partition coefficient (Wildman–Crippen LogP) is 4.01. The Balaban J connectivity index is 2.42. The molecule has 3 atom stereocenters. The molecular weight excluding hydrogens is 236 g/mol. The maximum absolute atomic E-state index is 12.1. The number of ketones is 1. The van der Waals surface area contributed by atoms with Crippen molar-refractivity contribution in [2.45, 2.75) is 62.7 Å². The van der Waals surface area contributed by atoms with Crippen molar-refractivity contribution in [3.63, 3.8) is 0 Å². The van der Waals surface area contributed by atoms with Crippen molar-refractivity contribution in [1.82, 2.24) is 0 Å². The van der Waals surface area contributed by atoms with E-state index >= 15 is 0 Å². The highest BCUT2D eigenvalue weighted by atomic mass is 32.2. The van der Waals surface area contributed by atoms with E-state index in [-0.39, 0.29) is 5.25 Å². The fourth-order valence-corrected chi connectivity index (χ4v) is 4.85. The minimum Gasteiger partial charge on any atom is -0.298 e. The van der Waals surface area contributed by atoms with Crippen molar-refractivity contribution >= 4 is 29.3 Å². The van der Waals surface area contributed by atoms with E-state index in [1.807, 2.05) is 23.5 Å². The van der Waals surface area contributed by atoms with Crippen LogP contribution in [0.1, 0.15) is 47.0 Å². The summed E-state index contributed by atoms with van der Waals surface area (Å²) >= 11 is 3.86. The minimum atomic E-state index is 0.261. The Labute approximate surface area is 109 Å². The van der Waals surface area contributed by atoms with Gasteiger partial charge in [-0.2, -0.15) is 11.8 Å². The van der Waals surface area contributed by atoms with Crippen molar-refractivity contribution in [2.75, 3.05) is 5.75 Å². The van der Waals surface area contributed by atoms with Crippen LogP contribution in [0.3, 0.4) is 0 Å². The van der Waals surface area contributed by atoms with Gasteiger partial charge in [0.15, 0.2) is 0 Å². The number of hydrogen-bond acceptors (Lipinski definition) is 3. The molecule has 1 saturated heterocycles. The van der Waals surface area contributed by atoms with Gasteiger partial charge in [-0.3, -0.25) is 4.79 Å². The van der Waals surface area contributed by atoms with Crippen LogP contribution in [0.25, 0.3) is 0 Å². The van der Waals surface area contributed by atoms with Gasteiger partial charge in [0.05, 0.1) is 5.25 Å². The molecule has 0 bridgehead atoms. The van der Waals surface area contributed by atoms with Gasteiger partial charge in [0.1, 0.15) is 5.78 Å². The van der Waals surface area contributed by atoms with Gasteiger partial charge in [-0.1, -0.05) is 40.5 Å². The lowest BCUT2D eigenvalue weighted by atomic mass is 9.96. The number of carbonyl (C=O) groups excluding carboxylic acids is 1. The van der Waals surface area contributed by atoms with Crippen molar-refractivity contribution in [1.29, 1.82) is 0 Å². The zero-order chi connectivity index (χ0) is 12.1. The summed E-state index contributed by atoms with van der Waals surface area (Å²) in [5.74, 6) is 2.12. The molecule has 0 aromatic heterocycles. The molecule has 16 heavy (non-hydrogen) atoms. The molecule has 3 heteroatoms. The lowest BCUT2D eigenvalue weighted by Gasteiger charge is -2.31. The summed E-state index contributed by atoms with van der Waals surface area (Å²) < 4.78 is 0. The van der Waals surface area contributed by atoms with Gasteiger partial charge in [0.25, 0.3) is 0 Å². The number of Topliss-reactive ketones (excluding diaryl/α,β-unsaturated/α-hetero) is 1. The van der Waals surface area contributed by atoms with Gasteiger partial charge in [0.2, 0.25) is 0 Å². The van der Waals surface area contributed by atoms with Crippen LogP contribution in [0.15, 0.2) is 0 Å². The molecule has 0 amide bonds. The molecule has 0 aliphatic carbocycles. The standard InChI is InChI=1S/C13H24OS2/c1-5-11(6-2)7-12(14)13-8-15-9(3)10(4)16-13/h9-11,13H,5-8H2,1-4H3. The van der Waals surface area contributed by atoms with E-state index in [0.29, 0.717) is 22.2 Å². The van der Waals surface area contributed by atoms with Crippen LogP contribution in [0.2, 0.25) is 0 Å². The Bertz CT molecular complexity index is 226. The van der Waals surface area contributed by atoms with Crippen LogP contribution >= 0.6 is 23.5 Å². The second kappa shape index (κ2) is 6.95. The molecule has 3 unspecified atom stereocenters. The molecule has 94 valence electrons. The molecular formula is C13H24OS2. The molecule has 1 aliphatic heterocycles. The maximum Gasteiger partial charge on any atom is 0.146 e. The first-order valence-electron chi connectivity index (χ1n) is 6.38. The Kier molecular flexibility index (Phi) is 6.27. The summed E-state index contributed by atoms with van der Waals surface area (Å²) in [7, 11) is 0. The predicted molar refractivity (Wildman–Crippen MR) is 76.5 cm³/mol. The zero-order valence-corrected chi connectivity index (χ0v) is 12.5.